The number of hydrogen-bond donors (Lipinski definition) is 0. The molecule has 0 aliphatic rings. The summed E-state index contributed by atoms with van der Waals surface area (Å²) < 4.78 is 2.40. The summed E-state index contributed by atoms with van der Waals surface area (Å²) in [6.07, 6.45) is 1.84. The van der Waals surface area contributed by atoms with Crippen LogP contribution >= 0.6 is 11.3 Å². The van der Waals surface area contributed by atoms with E-state index in [9.17, 15) is 0 Å². The lowest BCUT2D eigenvalue weighted by atomic mass is 9.94. The van der Waals surface area contributed by atoms with Crippen molar-refractivity contribution < 1.29 is 0 Å². The van der Waals surface area contributed by atoms with Gasteiger partial charge in [0.05, 0.1) is 5.52 Å². The lowest BCUT2D eigenvalue weighted by molar-refractivity contribution is 1.08. The van der Waals surface area contributed by atoms with Crippen LogP contribution in [0.25, 0.3) is 98.3 Å². The number of rotatable bonds is 5. The van der Waals surface area contributed by atoms with Gasteiger partial charge in [0.2, 0.25) is 0 Å². The number of nitrogens with zero attached hydrogens (tertiary/aromatic N) is 4. The van der Waals surface area contributed by atoms with Crippen LogP contribution in [0, 0.1) is 0 Å². The Morgan fingerprint density at radius 1 is 0.333 bits per heavy atom. The van der Waals surface area contributed by atoms with Gasteiger partial charge in [0.1, 0.15) is 0 Å². The van der Waals surface area contributed by atoms with Crippen molar-refractivity contribution >= 4 is 53.2 Å². The van der Waals surface area contributed by atoms with Crippen LogP contribution in [-0.4, -0.2) is 19.9 Å². The Bertz CT molecular complexity index is 2780. The molecule has 0 atom stereocenters. The van der Waals surface area contributed by atoms with Crippen LogP contribution in [0.3, 0.4) is 0 Å². The summed E-state index contributed by atoms with van der Waals surface area (Å²) in [5.74, 6) is 1.85. The predicted octanol–water partition coefficient (Wildman–Crippen LogP) is 12.3. The van der Waals surface area contributed by atoms with E-state index >= 15 is 0 Å². The second-order valence-electron chi connectivity index (χ2n) is 12.6. The van der Waals surface area contributed by atoms with E-state index in [0.29, 0.717) is 17.5 Å². The molecule has 0 N–H and O–H groups in total. The molecule has 0 aliphatic carbocycles. The number of hydrogen-bond acceptors (Lipinski definition) is 5. The summed E-state index contributed by atoms with van der Waals surface area (Å²) in [7, 11) is 0. The van der Waals surface area contributed by atoms with Crippen molar-refractivity contribution in [1.29, 1.82) is 0 Å². The van der Waals surface area contributed by atoms with Crippen molar-refractivity contribution in [3.8, 4) is 56.4 Å². The van der Waals surface area contributed by atoms with Crippen LogP contribution in [0.1, 0.15) is 0 Å². The molecule has 238 valence electrons. The minimum Gasteiger partial charge on any atom is -0.255 e. The van der Waals surface area contributed by atoms with Crippen LogP contribution in [0.2, 0.25) is 0 Å². The highest BCUT2D eigenvalue weighted by Gasteiger charge is 2.20. The lowest BCUT2D eigenvalue weighted by Gasteiger charge is -2.14. The zero-order chi connectivity index (χ0) is 33.7. The van der Waals surface area contributed by atoms with E-state index in [2.05, 4.69) is 152 Å². The highest BCUT2D eigenvalue weighted by molar-refractivity contribution is 7.26. The van der Waals surface area contributed by atoms with Gasteiger partial charge in [-0.15, -0.1) is 11.3 Å². The first-order valence-corrected chi connectivity index (χ1v) is 17.8. The Morgan fingerprint density at radius 2 is 0.843 bits per heavy atom. The Labute approximate surface area is 298 Å². The average Bonchev–Trinajstić information content (AvgIpc) is 3.59. The summed E-state index contributed by atoms with van der Waals surface area (Å²) in [5, 5.41) is 5.73. The minimum atomic E-state index is 0.590. The number of pyridine rings is 1. The maximum atomic E-state index is 5.28. The lowest BCUT2D eigenvalue weighted by Crippen LogP contribution is -2.02. The Morgan fingerprint density at radius 3 is 1.57 bits per heavy atom. The van der Waals surface area contributed by atoms with E-state index in [0.717, 1.165) is 54.2 Å². The quantitative estimate of drug-likeness (QED) is 0.183. The first-order chi connectivity index (χ1) is 25.3. The van der Waals surface area contributed by atoms with Crippen LogP contribution in [0.5, 0.6) is 0 Å². The predicted molar refractivity (Wildman–Crippen MR) is 213 cm³/mol. The number of aromatic nitrogens is 4. The Kier molecular flexibility index (Phi) is 6.96. The molecule has 0 radical (unpaired) electrons. The van der Waals surface area contributed by atoms with Crippen molar-refractivity contribution in [2.24, 2.45) is 0 Å². The van der Waals surface area contributed by atoms with Gasteiger partial charge < -0.3 is 0 Å². The number of thiophene rings is 1. The van der Waals surface area contributed by atoms with E-state index in [4.69, 9.17) is 19.9 Å². The summed E-state index contributed by atoms with van der Waals surface area (Å²) in [6, 6.07) is 57.2. The Balaban J connectivity index is 1.25. The van der Waals surface area contributed by atoms with Crippen LogP contribution < -0.4 is 0 Å². The third-order valence-electron chi connectivity index (χ3n) is 9.63. The van der Waals surface area contributed by atoms with Gasteiger partial charge in [-0.3, -0.25) is 4.98 Å². The van der Waals surface area contributed by atoms with Gasteiger partial charge in [-0.05, 0) is 63.4 Å². The van der Waals surface area contributed by atoms with Gasteiger partial charge >= 0.3 is 0 Å². The van der Waals surface area contributed by atoms with Gasteiger partial charge in [-0.1, -0.05) is 133 Å². The molecule has 0 amide bonds. The molecule has 10 rings (SSSR count). The summed E-state index contributed by atoms with van der Waals surface area (Å²) >= 11 is 1.78. The van der Waals surface area contributed by atoms with Gasteiger partial charge in [0, 0.05) is 48.4 Å². The van der Waals surface area contributed by atoms with Gasteiger partial charge in [-0.2, -0.15) is 0 Å². The van der Waals surface area contributed by atoms with E-state index in [-0.39, 0.29) is 0 Å². The molecule has 0 aliphatic heterocycles. The highest BCUT2D eigenvalue weighted by Crippen LogP contribution is 2.41. The normalized spacial score (nSPS) is 11.5. The van der Waals surface area contributed by atoms with Gasteiger partial charge in [0.25, 0.3) is 0 Å². The molecule has 0 fully saturated rings. The molecule has 10 aromatic rings. The first-order valence-electron chi connectivity index (χ1n) is 17.0. The van der Waals surface area contributed by atoms with Gasteiger partial charge in [0.15, 0.2) is 17.5 Å². The standard InChI is InChI=1S/C46H28N4S/c1-3-13-29(14-4-1)31-24-26-38(34-18-8-7-17-33(31)34)44-48-45(39-27-25-32(30-15-5-2-6-16-30)36-22-12-28-47-42(36)39)50-46(49-44)40-21-11-20-37-35-19-9-10-23-41(35)51-43(37)40/h1-28H. The molecule has 0 saturated heterocycles. The van der Waals surface area contributed by atoms with E-state index in [1.807, 2.05) is 18.3 Å². The maximum Gasteiger partial charge on any atom is 0.166 e. The zero-order valence-electron chi connectivity index (χ0n) is 27.4. The number of benzene rings is 7. The molecule has 0 saturated carbocycles. The molecule has 51 heavy (non-hydrogen) atoms. The molecular formula is C46H28N4S. The van der Waals surface area contributed by atoms with Crippen molar-refractivity contribution in [3.05, 3.63) is 170 Å². The van der Waals surface area contributed by atoms with E-state index in [1.165, 1.54) is 26.6 Å². The fourth-order valence-electron chi connectivity index (χ4n) is 7.25. The highest BCUT2D eigenvalue weighted by atomic mass is 32.1. The number of fused-ring (bicyclic) bond motifs is 5. The van der Waals surface area contributed by atoms with E-state index in [1.54, 1.807) is 11.3 Å². The largest absolute Gasteiger partial charge is 0.255 e. The molecule has 5 heteroatoms. The molecule has 3 aromatic heterocycles. The molecular weight excluding hydrogens is 641 g/mol. The van der Waals surface area contributed by atoms with E-state index < -0.39 is 0 Å². The van der Waals surface area contributed by atoms with Crippen LogP contribution in [0.4, 0.5) is 0 Å². The third-order valence-corrected chi connectivity index (χ3v) is 10.8. The second-order valence-corrected chi connectivity index (χ2v) is 13.6. The summed E-state index contributed by atoms with van der Waals surface area (Å²) in [5.41, 5.74) is 8.26. The Hall–Kier alpha value is -6.56. The fourth-order valence-corrected chi connectivity index (χ4v) is 8.46. The summed E-state index contributed by atoms with van der Waals surface area (Å²) in [4.78, 5) is 20.7. The molecule has 3 heterocycles. The molecule has 0 bridgehead atoms. The minimum absolute atomic E-state index is 0.590. The third kappa shape index (κ3) is 4.98. The maximum absolute atomic E-state index is 5.28. The van der Waals surface area contributed by atoms with Crippen molar-refractivity contribution in [2.45, 2.75) is 0 Å². The average molecular weight is 669 g/mol. The molecule has 4 nitrogen and oxygen atoms in total. The van der Waals surface area contributed by atoms with Crippen LogP contribution in [0.15, 0.2) is 170 Å². The summed E-state index contributed by atoms with van der Waals surface area (Å²) in [6.45, 7) is 0. The van der Waals surface area contributed by atoms with Crippen molar-refractivity contribution in [1.82, 2.24) is 19.9 Å². The first kappa shape index (κ1) is 29.4. The molecule has 0 spiro atoms. The van der Waals surface area contributed by atoms with Gasteiger partial charge in [-0.25, -0.2) is 15.0 Å². The second kappa shape index (κ2) is 12.1. The van der Waals surface area contributed by atoms with Crippen LogP contribution in [-0.2, 0) is 0 Å². The topological polar surface area (TPSA) is 51.6 Å². The monoisotopic (exact) mass is 668 g/mol. The molecule has 0 unspecified atom stereocenters. The zero-order valence-corrected chi connectivity index (χ0v) is 28.2. The fraction of sp³-hybridized carbons (Fsp3) is 0. The smallest absolute Gasteiger partial charge is 0.166 e. The van der Waals surface area contributed by atoms with Crippen molar-refractivity contribution in [3.63, 3.8) is 0 Å². The molecule has 7 aromatic carbocycles. The SMILES string of the molecule is c1ccc(-c2ccc(-c3nc(-c4ccc(-c5ccccc5)c5cccnc45)nc(-c4cccc5c4sc4ccccc45)n3)c3ccccc23)cc1. The van der Waals surface area contributed by atoms with Crippen molar-refractivity contribution in [2.75, 3.05) is 0 Å².